The third kappa shape index (κ3) is 15.2. The van der Waals surface area contributed by atoms with Crippen LogP contribution in [-0.4, -0.2) is 13.7 Å². The van der Waals surface area contributed by atoms with E-state index in [4.69, 9.17) is 17.7 Å². The van der Waals surface area contributed by atoms with E-state index in [2.05, 4.69) is 171 Å². The second-order valence-corrected chi connectivity index (χ2v) is 34.4. The zero-order valence-corrected chi connectivity index (χ0v) is 73.7. The number of nitrogens with zero attached hydrogens (tertiary/aromatic N) is 7. The zero-order valence-electron chi connectivity index (χ0n) is 72.8. The van der Waals surface area contributed by atoms with Crippen LogP contribution in [-0.2, 0) is 28.2 Å². The minimum absolute atomic E-state index is 0.199. The highest BCUT2D eigenvalue weighted by Gasteiger charge is 2.33. The lowest BCUT2D eigenvalue weighted by Crippen LogP contribution is -2.29. The van der Waals surface area contributed by atoms with Crippen LogP contribution in [0.25, 0.3) is 183 Å². The van der Waals surface area contributed by atoms with Crippen molar-refractivity contribution in [2.24, 2.45) is 28.2 Å². The maximum Gasteiger partial charge on any atom is 0.294 e. The second-order valence-electron chi connectivity index (χ2n) is 33.5. The number of benzene rings is 14. The van der Waals surface area contributed by atoms with Crippen LogP contribution in [0, 0.1) is 68.4 Å². The van der Waals surface area contributed by atoms with Gasteiger partial charge in [0.25, 0.3) is 22.5 Å². The van der Waals surface area contributed by atoms with Gasteiger partial charge in [0, 0.05) is 97.2 Å². The number of furan rings is 4. The topological polar surface area (TPSA) is 82.9 Å². The molecule has 0 saturated carbocycles. The average Bonchev–Trinajstić information content (AvgIpc) is 1.61. The molecule has 0 unspecified atom stereocenters. The normalized spacial score (nSPS) is 11.7. The van der Waals surface area contributed by atoms with Crippen LogP contribution in [0.3, 0.4) is 0 Å². The number of hydrogen-bond donors (Lipinski definition) is 0. The summed E-state index contributed by atoms with van der Waals surface area (Å²) in [5, 5.41) is 7.93. The van der Waals surface area contributed by atoms with Gasteiger partial charge in [0.1, 0.15) is 147 Å². The molecule has 0 saturated heterocycles. The molecule has 0 aliphatic heterocycles. The monoisotopic (exact) mass is 1740 g/mol. The summed E-state index contributed by atoms with van der Waals surface area (Å²) in [7, 11) is 8.04. The van der Waals surface area contributed by atoms with Crippen molar-refractivity contribution in [3.8, 4) is 95.2 Å². The molecule has 129 heavy (non-hydrogen) atoms. The first-order valence-electron chi connectivity index (χ1n) is 42.6. The Morgan fingerprint density at radius 3 is 1.12 bits per heavy atom. The van der Waals surface area contributed by atoms with Crippen LogP contribution in [0.1, 0.15) is 72.9 Å². The summed E-state index contributed by atoms with van der Waals surface area (Å²) in [4.78, 5) is 0. The first-order valence-corrected chi connectivity index (χ1v) is 43.5. The van der Waals surface area contributed by atoms with Crippen molar-refractivity contribution in [3.63, 3.8) is 0 Å². The third-order valence-electron chi connectivity index (χ3n) is 24.3. The van der Waals surface area contributed by atoms with Crippen LogP contribution < -0.4 is 18.3 Å². The van der Waals surface area contributed by atoms with Gasteiger partial charge in [-0.15, -0.1) is 0 Å². The van der Waals surface area contributed by atoms with E-state index in [-0.39, 0.29) is 28.0 Å². The highest BCUT2D eigenvalue weighted by atomic mass is 32.1. The summed E-state index contributed by atoms with van der Waals surface area (Å²) in [6, 6.07) is 78.9. The number of hydrogen-bond acceptors (Lipinski definition) is 5. The standard InChI is InChI=1S/C35H25F2N2O.C29H21F2N2O.C29H29F2N2O.C17H13FNOS/c1-22-18-31-29(33-30(37)19-25(36)20-32(33)40-31)21-28(22)35-38(2)16-17-39(35)34-26(23-10-5-3-6-11-23)14-9-15-27(34)24-12-7-4-8-13-24;1-18-14-26-23(28-24(31)15-20(30)16-27(28)34-26)17-22(18)29-32(2)12-13-33(29)25-11-7-6-10-21(25)19-8-4-3-5-9-19;1-16(2)20-8-7-9-21(17(3)4)28(20)33-11-10-32(6)29(33)22-15-23-25(12-18(22)5)34-26-14-19(30)13-24(31)27(23)26;1-10-3-5-13-12-6-4-11(18)9-14(12)20-16(13)15(10)17-19(2)7-8-21-17/h3-21H,1-2H3;3-17H,1-2H3;7-17H,1-6H3;3-9H,1-2H3/q4*+1. The molecule has 0 amide bonds. The fraction of sp³-hybridized carbons (Fsp3) is 0.127. The van der Waals surface area contributed by atoms with Crippen LogP contribution in [0.4, 0.5) is 30.7 Å². The van der Waals surface area contributed by atoms with Crippen molar-refractivity contribution in [2.75, 3.05) is 0 Å². The van der Waals surface area contributed by atoms with Gasteiger partial charge in [-0.2, -0.15) is 18.3 Å². The Balaban J connectivity index is 0.000000114. The molecule has 0 aliphatic carbocycles. The largest absolute Gasteiger partial charge is 0.456 e. The van der Waals surface area contributed by atoms with Gasteiger partial charge in [0.15, 0.2) is 11.8 Å². The van der Waals surface area contributed by atoms with E-state index >= 15 is 0 Å². The number of fused-ring (bicyclic) bond motifs is 12. The SMILES string of the molecule is Cc1cc2oc3cc(F)cc(F)c3c2cc1-c1n(-c2c(-c3ccccc3)cccc2-c2ccccc2)cc[n+]1C.Cc1cc2oc3cc(F)cc(F)c3c2cc1-c1n(-c2c(C(C)C)cccc2C(C)C)cc[n+]1C.Cc1cc2oc3cc(F)cc(F)c3c2cc1-c1n(-c2ccccc2-c2ccccc2)cc[n+]1C.Cc1ccc2c(oc3cc(F)ccc32)c1-c1scc[n+]1C. The van der Waals surface area contributed by atoms with Gasteiger partial charge in [0.05, 0.1) is 59.4 Å². The summed E-state index contributed by atoms with van der Waals surface area (Å²) in [6.07, 6.45) is 14.3. The number of rotatable bonds is 12. The van der Waals surface area contributed by atoms with E-state index in [0.29, 0.717) is 61.1 Å². The molecule has 638 valence electrons. The Morgan fingerprint density at radius 1 is 0.302 bits per heavy atom. The van der Waals surface area contributed by atoms with E-state index in [1.807, 2.05) is 194 Å². The van der Waals surface area contributed by atoms with Gasteiger partial charge in [-0.05, 0) is 133 Å². The Morgan fingerprint density at radius 2 is 0.682 bits per heavy atom. The number of aryl methyl sites for hydroxylation is 8. The van der Waals surface area contributed by atoms with E-state index < -0.39 is 34.9 Å². The lowest BCUT2D eigenvalue weighted by Gasteiger charge is -2.18. The predicted molar refractivity (Wildman–Crippen MR) is 500 cm³/mol. The fourth-order valence-electron chi connectivity index (χ4n) is 18.2. The van der Waals surface area contributed by atoms with Crippen molar-refractivity contribution in [2.45, 2.75) is 67.2 Å². The molecular formula is C110H88F7N7O4S+4. The molecule has 0 atom stereocenters. The first-order chi connectivity index (χ1) is 62.3. The van der Waals surface area contributed by atoms with E-state index in [0.717, 1.165) is 146 Å². The van der Waals surface area contributed by atoms with Crippen molar-refractivity contribution >= 4 is 99.1 Å². The van der Waals surface area contributed by atoms with Gasteiger partial charge >= 0.3 is 0 Å². The molecule has 8 heterocycles. The van der Waals surface area contributed by atoms with Gasteiger partial charge < -0.3 is 17.7 Å². The molecule has 19 heteroatoms. The lowest BCUT2D eigenvalue weighted by molar-refractivity contribution is -0.659. The highest BCUT2D eigenvalue weighted by Crippen LogP contribution is 2.46. The number of halogens is 7. The van der Waals surface area contributed by atoms with Crippen LogP contribution in [0.5, 0.6) is 0 Å². The Kier molecular flexibility index (Phi) is 21.9. The average molecular weight is 1740 g/mol. The van der Waals surface area contributed by atoms with E-state index in [1.54, 1.807) is 17.4 Å². The molecule has 22 rings (SSSR count). The smallest absolute Gasteiger partial charge is 0.294 e. The molecule has 0 bridgehead atoms. The van der Waals surface area contributed by atoms with Crippen LogP contribution in [0.15, 0.2) is 321 Å². The maximum absolute atomic E-state index is 15.0. The van der Waals surface area contributed by atoms with E-state index in [1.165, 1.54) is 47.1 Å². The van der Waals surface area contributed by atoms with Crippen molar-refractivity contribution in [3.05, 3.63) is 378 Å². The second kappa shape index (κ2) is 33.8. The lowest BCUT2D eigenvalue weighted by atomic mass is 9.92. The number of imidazole rings is 3. The molecule has 0 aliphatic rings. The van der Waals surface area contributed by atoms with Crippen LogP contribution in [0.2, 0.25) is 0 Å². The molecule has 22 aromatic rings. The molecule has 8 aromatic heterocycles. The summed E-state index contributed by atoms with van der Waals surface area (Å²) < 4.78 is 138. The molecule has 14 aromatic carbocycles. The Bertz CT molecular complexity index is 8070. The van der Waals surface area contributed by atoms with Gasteiger partial charge in [-0.1, -0.05) is 197 Å². The molecular weight excluding hydrogens is 1650 g/mol. The maximum atomic E-state index is 15.0. The summed E-state index contributed by atoms with van der Waals surface area (Å²) in [6.45, 7) is 16.9. The minimum Gasteiger partial charge on any atom is -0.456 e. The van der Waals surface area contributed by atoms with Crippen molar-refractivity contribution in [1.82, 2.24) is 13.7 Å². The quantitative estimate of drug-likeness (QED) is 0.0901. The molecule has 0 N–H and O–H groups in total. The minimum atomic E-state index is -0.660. The highest BCUT2D eigenvalue weighted by molar-refractivity contribution is 7.12. The Hall–Kier alpha value is -15.0. The number of aromatic nitrogens is 7. The van der Waals surface area contributed by atoms with Gasteiger partial charge in [-0.3, -0.25) is 0 Å². The third-order valence-corrected chi connectivity index (χ3v) is 25.3. The zero-order chi connectivity index (χ0) is 89.6. The fourth-order valence-corrected chi connectivity index (χ4v) is 19.1. The van der Waals surface area contributed by atoms with Gasteiger partial charge in [0.2, 0.25) is 0 Å². The summed E-state index contributed by atoms with van der Waals surface area (Å²) >= 11 is 1.67. The van der Waals surface area contributed by atoms with Crippen molar-refractivity contribution in [1.29, 1.82) is 0 Å². The first kappa shape index (κ1) is 83.6. The van der Waals surface area contributed by atoms with E-state index in [9.17, 15) is 30.7 Å². The molecule has 0 fully saturated rings. The molecule has 0 radical (unpaired) electrons. The van der Waals surface area contributed by atoms with Gasteiger partial charge in [-0.25, -0.2) is 44.4 Å². The molecule has 0 spiro atoms. The Labute approximate surface area is 743 Å². The van der Waals surface area contributed by atoms with Crippen LogP contribution >= 0.6 is 11.3 Å². The number of thiazole rings is 1. The van der Waals surface area contributed by atoms with Crippen molar-refractivity contribution < 1.29 is 66.7 Å². The summed E-state index contributed by atoms with van der Waals surface area (Å²) in [5.41, 5.74) is 24.1. The number of para-hydroxylation sites is 3. The predicted octanol–water partition coefficient (Wildman–Crippen LogP) is 28.2. The summed E-state index contributed by atoms with van der Waals surface area (Å²) in [5.74, 6) is -0.556. The molecule has 11 nitrogen and oxygen atoms in total.